The summed E-state index contributed by atoms with van der Waals surface area (Å²) in [7, 11) is 0. The van der Waals surface area contributed by atoms with Crippen molar-refractivity contribution in [2.45, 2.75) is 38.3 Å². The Kier molecular flexibility index (Phi) is 8.60. The van der Waals surface area contributed by atoms with Crippen molar-refractivity contribution in [2.24, 2.45) is 0 Å². The number of nitro benzene ring substituents is 1. The average Bonchev–Trinajstić information content (AvgIpc) is 3.66. The fourth-order valence-corrected chi connectivity index (χ4v) is 5.69. The number of carbonyl (C=O) groups is 1. The van der Waals surface area contributed by atoms with E-state index in [0.717, 1.165) is 16.7 Å². The Bertz CT molecular complexity index is 1870. The summed E-state index contributed by atoms with van der Waals surface area (Å²) in [5.41, 5.74) is 4.23. The van der Waals surface area contributed by atoms with Gasteiger partial charge in [-0.1, -0.05) is 66.2 Å². The maximum atomic E-state index is 12.2. The van der Waals surface area contributed by atoms with Crippen LogP contribution in [0.25, 0.3) is 22.2 Å². The Morgan fingerprint density at radius 3 is 2.53 bits per heavy atom. The third-order valence-corrected chi connectivity index (χ3v) is 8.08. The first-order valence-electron chi connectivity index (χ1n) is 14.0. The molecule has 0 unspecified atom stereocenters. The molecule has 5 aromatic rings. The van der Waals surface area contributed by atoms with Crippen LogP contribution in [-0.2, 0) is 24.6 Å². The molecule has 0 spiro atoms. The van der Waals surface area contributed by atoms with Crippen LogP contribution in [0.5, 0.6) is 11.5 Å². The Labute approximate surface area is 261 Å². The normalized spacial score (nSPS) is 16.6. The lowest BCUT2D eigenvalue weighted by Gasteiger charge is -2.23. The van der Waals surface area contributed by atoms with Gasteiger partial charge in [0.1, 0.15) is 36.0 Å². The van der Waals surface area contributed by atoms with E-state index in [4.69, 9.17) is 25.7 Å². The number of fused-ring (bicyclic) bond motifs is 1. The number of hydrogen-bond acceptors (Lipinski definition) is 10. The van der Waals surface area contributed by atoms with E-state index < -0.39 is 23.0 Å². The number of benzene rings is 4. The minimum atomic E-state index is -1.09. The number of aliphatic hydroxyl groups excluding tert-OH is 1. The summed E-state index contributed by atoms with van der Waals surface area (Å²) in [4.78, 5) is 25.1. The highest BCUT2D eigenvalue weighted by Crippen LogP contribution is 2.38. The molecule has 12 nitrogen and oxygen atoms in total. The van der Waals surface area contributed by atoms with Crippen molar-refractivity contribution in [3.63, 3.8) is 0 Å². The molecule has 4 aromatic carbocycles. The molecule has 2 heterocycles. The summed E-state index contributed by atoms with van der Waals surface area (Å²) in [6, 6.07) is 22.1. The Morgan fingerprint density at radius 2 is 1.76 bits per heavy atom. The van der Waals surface area contributed by atoms with E-state index in [1.807, 2.05) is 42.5 Å². The first kappa shape index (κ1) is 30.0. The van der Waals surface area contributed by atoms with Gasteiger partial charge in [-0.15, -0.1) is 0 Å². The molecule has 1 aliphatic rings. The topological polar surface area (TPSA) is 161 Å². The van der Waals surface area contributed by atoms with Gasteiger partial charge >= 0.3 is 11.7 Å². The molecule has 1 saturated heterocycles. The van der Waals surface area contributed by atoms with E-state index in [-0.39, 0.29) is 49.9 Å². The fourth-order valence-electron chi connectivity index (χ4n) is 5.41. The van der Waals surface area contributed by atoms with E-state index in [9.17, 15) is 25.1 Å². The van der Waals surface area contributed by atoms with Gasteiger partial charge in [-0.25, -0.2) is 4.63 Å². The summed E-state index contributed by atoms with van der Waals surface area (Å²) >= 11 is 6.74. The van der Waals surface area contributed by atoms with E-state index in [1.165, 1.54) is 12.1 Å². The molecule has 1 aliphatic heterocycles. The van der Waals surface area contributed by atoms with Gasteiger partial charge in [-0.3, -0.25) is 19.8 Å². The Balaban J connectivity index is 1.32. The zero-order chi connectivity index (χ0) is 31.5. The van der Waals surface area contributed by atoms with Gasteiger partial charge in [0.2, 0.25) is 5.75 Å². The molecule has 2 atom stereocenters. The number of ether oxygens (including phenoxy) is 2. The molecule has 0 aliphatic carbocycles. The van der Waals surface area contributed by atoms with Gasteiger partial charge in [-0.2, -0.15) is 0 Å². The minimum absolute atomic E-state index is 0.0122. The summed E-state index contributed by atoms with van der Waals surface area (Å²) in [6.45, 7) is 0.0769. The lowest BCUT2D eigenvalue weighted by molar-refractivity contribution is -0.386. The first-order chi connectivity index (χ1) is 21.8. The molecule has 0 radical (unpaired) electrons. The summed E-state index contributed by atoms with van der Waals surface area (Å²) < 4.78 is 16.9. The molecule has 1 fully saturated rings. The number of nitro groups is 1. The van der Waals surface area contributed by atoms with Crippen LogP contribution in [0.1, 0.15) is 23.1 Å². The molecule has 0 saturated carbocycles. The number of likely N-dealkylation sites (tertiary alicyclic amines) is 1. The van der Waals surface area contributed by atoms with E-state index >= 15 is 0 Å². The van der Waals surface area contributed by atoms with Gasteiger partial charge in [-0.05, 0) is 33.6 Å². The maximum Gasteiger partial charge on any atom is 0.321 e. The van der Waals surface area contributed by atoms with Gasteiger partial charge in [0, 0.05) is 48.3 Å². The number of hydrogen-bond donors (Lipinski definition) is 2. The maximum absolute atomic E-state index is 12.2. The van der Waals surface area contributed by atoms with Crippen molar-refractivity contribution >= 4 is 34.3 Å². The number of β-amino-alcohol motifs (C(OH)–C–C–N with tert-alkyl or cyclic N) is 1. The largest absolute Gasteiger partial charge is 0.488 e. The number of aliphatic carboxylic acids is 1. The number of aromatic nitrogens is 2. The second kappa shape index (κ2) is 12.9. The molecule has 2 N–H and O–H groups in total. The zero-order valence-electron chi connectivity index (χ0n) is 23.7. The SMILES string of the molecule is O=C(O)[C@H]1C[C@@H](O)CN1Cc1cc([N+](=O)[O-])c(OCc2cccc(-c3ccccc3)c2Cl)cc1OCc1ccc2nonc2c1. The standard InChI is InChI=1S/C32H27ClN4O8/c33-31-21(7-4-8-24(31)20-5-2-1-3-6-20)18-44-30-14-29(43-17-19-9-10-25-26(11-19)35-45-34-25)22(12-27(30)37(41)42)15-36-16-23(38)13-28(36)32(39)40/h1-12,14,23,28,38H,13,15-18H2,(H,39,40)/t23-,28-/m1/s1. The zero-order valence-corrected chi connectivity index (χ0v) is 24.5. The Hall–Kier alpha value is -5.04. The third kappa shape index (κ3) is 6.58. The number of halogens is 1. The minimum Gasteiger partial charge on any atom is -0.488 e. The monoisotopic (exact) mass is 630 g/mol. The van der Waals surface area contributed by atoms with Crippen molar-refractivity contribution in [2.75, 3.05) is 6.54 Å². The highest BCUT2D eigenvalue weighted by atomic mass is 35.5. The van der Waals surface area contributed by atoms with E-state index in [0.29, 0.717) is 27.2 Å². The van der Waals surface area contributed by atoms with Crippen LogP contribution in [-0.4, -0.2) is 55.0 Å². The molecule has 1 aromatic heterocycles. The van der Waals surface area contributed by atoms with Gasteiger partial charge < -0.3 is 19.7 Å². The van der Waals surface area contributed by atoms with Gasteiger partial charge in [0.05, 0.1) is 16.0 Å². The summed E-state index contributed by atoms with van der Waals surface area (Å²) in [5.74, 6) is -0.886. The van der Waals surface area contributed by atoms with Crippen molar-refractivity contribution in [3.8, 4) is 22.6 Å². The van der Waals surface area contributed by atoms with Crippen molar-refractivity contribution in [1.29, 1.82) is 0 Å². The molecule has 6 rings (SSSR count). The predicted octanol–water partition coefficient (Wildman–Crippen LogP) is 5.63. The third-order valence-electron chi connectivity index (χ3n) is 7.64. The lowest BCUT2D eigenvalue weighted by atomic mass is 10.0. The number of rotatable bonds is 11. The smallest absolute Gasteiger partial charge is 0.321 e. The average molecular weight is 631 g/mol. The molecular weight excluding hydrogens is 604 g/mol. The number of nitrogens with zero attached hydrogens (tertiary/aromatic N) is 4. The van der Waals surface area contributed by atoms with Crippen molar-refractivity contribution < 1.29 is 34.0 Å². The summed E-state index contributed by atoms with van der Waals surface area (Å²) in [5, 5.41) is 40.2. The lowest BCUT2D eigenvalue weighted by Crippen LogP contribution is -2.35. The van der Waals surface area contributed by atoms with Crippen LogP contribution in [0, 0.1) is 10.1 Å². The predicted molar refractivity (Wildman–Crippen MR) is 163 cm³/mol. The van der Waals surface area contributed by atoms with Crippen molar-refractivity contribution in [3.05, 3.63) is 111 Å². The molecule has 0 bridgehead atoms. The van der Waals surface area contributed by atoms with Crippen LogP contribution < -0.4 is 9.47 Å². The molecule has 45 heavy (non-hydrogen) atoms. The summed E-state index contributed by atoms with van der Waals surface area (Å²) in [6.07, 6.45) is -0.795. The van der Waals surface area contributed by atoms with Gasteiger partial charge in [0.15, 0.2) is 0 Å². The van der Waals surface area contributed by atoms with Gasteiger partial charge in [0.25, 0.3) is 0 Å². The van der Waals surface area contributed by atoms with Crippen LogP contribution >= 0.6 is 11.6 Å². The Morgan fingerprint density at radius 1 is 0.978 bits per heavy atom. The quantitative estimate of drug-likeness (QED) is 0.137. The number of aliphatic hydroxyl groups is 1. The van der Waals surface area contributed by atoms with Crippen molar-refractivity contribution in [1.82, 2.24) is 15.2 Å². The van der Waals surface area contributed by atoms with E-state index in [2.05, 4.69) is 10.3 Å². The highest BCUT2D eigenvalue weighted by Gasteiger charge is 2.37. The van der Waals surface area contributed by atoms with Crippen LogP contribution in [0.4, 0.5) is 5.69 Å². The van der Waals surface area contributed by atoms with Crippen LogP contribution in [0.2, 0.25) is 5.02 Å². The molecular formula is C32H27ClN4O8. The first-order valence-corrected chi connectivity index (χ1v) is 14.4. The molecule has 0 amide bonds. The fraction of sp³-hybridized carbons (Fsp3) is 0.219. The van der Waals surface area contributed by atoms with Crippen LogP contribution in [0.3, 0.4) is 0 Å². The van der Waals surface area contributed by atoms with Crippen LogP contribution in [0.15, 0.2) is 83.5 Å². The molecule has 13 heteroatoms. The van der Waals surface area contributed by atoms with E-state index in [1.54, 1.807) is 29.2 Å². The molecule has 230 valence electrons. The number of carboxylic acids is 1. The number of carboxylic acid groups (broad SMARTS) is 1. The second-order valence-corrected chi connectivity index (χ2v) is 11.0. The highest BCUT2D eigenvalue weighted by molar-refractivity contribution is 6.34. The second-order valence-electron chi connectivity index (χ2n) is 10.7.